The van der Waals surface area contributed by atoms with Crippen LogP contribution in [-0.4, -0.2) is 30.5 Å². The third-order valence-corrected chi connectivity index (χ3v) is 2.95. The number of hydrogen-bond donors (Lipinski definition) is 1. The minimum absolute atomic E-state index is 0.178. The molecule has 0 saturated carbocycles. The van der Waals surface area contributed by atoms with Gasteiger partial charge in [-0.05, 0) is 37.6 Å². The van der Waals surface area contributed by atoms with Crippen LogP contribution in [0.4, 0.5) is 0 Å². The third kappa shape index (κ3) is 2.31. The number of rotatable bonds is 4. The number of aromatic nitrogens is 1. The minimum Gasteiger partial charge on any atom is -0.497 e. The Hall–Kier alpha value is -2.30. The first kappa shape index (κ1) is 13.1. The summed E-state index contributed by atoms with van der Waals surface area (Å²) in [5.41, 5.74) is 1.76. The molecular formula is C14H15NO4. The number of ether oxygens (including phenoxy) is 2. The fourth-order valence-electron chi connectivity index (χ4n) is 1.96. The predicted molar refractivity (Wildman–Crippen MR) is 70.6 cm³/mol. The summed E-state index contributed by atoms with van der Waals surface area (Å²) < 4.78 is 9.86. The number of hydrogen-bond acceptors (Lipinski definition) is 4. The third-order valence-electron chi connectivity index (χ3n) is 2.95. The number of methoxy groups -OCH3 is 1. The average molecular weight is 261 g/mol. The number of carbonyl (C=O) groups is 2. The van der Waals surface area contributed by atoms with E-state index in [-0.39, 0.29) is 12.3 Å². The standard InChI is InChI=1S/C14H15NO4/c1-4-19-14(17)13(16)12-8(2)10-7-9(18-3)5-6-11(10)15-12/h5-7,15H,4H2,1-3H3. The molecule has 0 saturated heterocycles. The second-order valence-corrected chi connectivity index (χ2v) is 4.09. The summed E-state index contributed by atoms with van der Waals surface area (Å²) in [6, 6.07) is 5.42. The van der Waals surface area contributed by atoms with Gasteiger partial charge in [-0.25, -0.2) is 4.79 Å². The topological polar surface area (TPSA) is 68.4 Å². The van der Waals surface area contributed by atoms with Crippen molar-refractivity contribution in [1.82, 2.24) is 4.98 Å². The zero-order valence-electron chi connectivity index (χ0n) is 11.1. The van der Waals surface area contributed by atoms with Crippen molar-refractivity contribution in [3.05, 3.63) is 29.5 Å². The fraction of sp³-hybridized carbons (Fsp3) is 0.286. The summed E-state index contributed by atoms with van der Waals surface area (Å²) in [7, 11) is 1.58. The van der Waals surface area contributed by atoms with Gasteiger partial charge in [-0.1, -0.05) is 0 Å². The van der Waals surface area contributed by atoms with E-state index in [0.29, 0.717) is 11.3 Å². The van der Waals surface area contributed by atoms with Gasteiger partial charge in [0, 0.05) is 10.9 Å². The van der Waals surface area contributed by atoms with Gasteiger partial charge in [-0.15, -0.1) is 0 Å². The lowest BCUT2D eigenvalue weighted by Gasteiger charge is -2.00. The maximum absolute atomic E-state index is 11.9. The van der Waals surface area contributed by atoms with E-state index in [4.69, 9.17) is 9.47 Å². The first-order chi connectivity index (χ1) is 9.08. The van der Waals surface area contributed by atoms with Crippen molar-refractivity contribution in [2.24, 2.45) is 0 Å². The quantitative estimate of drug-likeness (QED) is 0.520. The number of carbonyl (C=O) groups excluding carboxylic acids is 2. The summed E-state index contributed by atoms with van der Waals surface area (Å²) in [4.78, 5) is 26.4. The Balaban J connectivity index is 2.48. The molecule has 2 rings (SSSR count). The summed E-state index contributed by atoms with van der Waals surface area (Å²) in [5, 5.41) is 0.854. The van der Waals surface area contributed by atoms with Crippen LogP contribution in [0.15, 0.2) is 18.2 Å². The highest BCUT2D eigenvalue weighted by atomic mass is 16.5. The molecule has 0 aliphatic heterocycles. The average Bonchev–Trinajstić information content (AvgIpc) is 2.75. The molecule has 0 atom stereocenters. The van der Waals surface area contributed by atoms with Crippen molar-refractivity contribution in [3.8, 4) is 5.75 Å². The van der Waals surface area contributed by atoms with Gasteiger partial charge in [0.1, 0.15) is 5.75 Å². The minimum atomic E-state index is -0.843. The number of nitrogens with one attached hydrogen (secondary N) is 1. The molecule has 1 N–H and O–H groups in total. The number of esters is 1. The Kier molecular flexibility index (Phi) is 3.55. The van der Waals surface area contributed by atoms with E-state index in [2.05, 4.69) is 4.98 Å². The molecule has 1 aromatic heterocycles. The number of aromatic amines is 1. The summed E-state index contributed by atoms with van der Waals surface area (Å²) >= 11 is 0. The molecule has 5 heteroatoms. The molecule has 5 nitrogen and oxygen atoms in total. The number of benzene rings is 1. The van der Waals surface area contributed by atoms with Crippen LogP contribution >= 0.6 is 0 Å². The van der Waals surface area contributed by atoms with Crippen LogP contribution in [0.5, 0.6) is 5.75 Å². The Morgan fingerprint density at radius 3 is 2.68 bits per heavy atom. The van der Waals surface area contributed by atoms with Gasteiger partial charge in [-0.2, -0.15) is 0 Å². The van der Waals surface area contributed by atoms with Crippen molar-refractivity contribution in [2.75, 3.05) is 13.7 Å². The van der Waals surface area contributed by atoms with Crippen molar-refractivity contribution in [2.45, 2.75) is 13.8 Å². The van der Waals surface area contributed by atoms with Gasteiger partial charge in [0.25, 0.3) is 5.78 Å². The molecule has 0 aliphatic carbocycles. The van der Waals surface area contributed by atoms with Gasteiger partial charge in [-0.3, -0.25) is 4.79 Å². The summed E-state index contributed by atoms with van der Waals surface area (Å²) in [5.74, 6) is -0.802. The zero-order chi connectivity index (χ0) is 14.0. The summed E-state index contributed by atoms with van der Waals surface area (Å²) in [6.07, 6.45) is 0. The Labute approximate surface area is 110 Å². The number of aryl methyl sites for hydroxylation is 1. The van der Waals surface area contributed by atoms with Crippen molar-refractivity contribution < 1.29 is 19.1 Å². The highest BCUT2D eigenvalue weighted by Gasteiger charge is 2.22. The van der Waals surface area contributed by atoms with Crippen LogP contribution in [0.25, 0.3) is 10.9 Å². The van der Waals surface area contributed by atoms with Crippen LogP contribution in [0.1, 0.15) is 23.0 Å². The van der Waals surface area contributed by atoms with E-state index in [1.165, 1.54) is 0 Å². The maximum atomic E-state index is 11.9. The molecule has 1 aromatic carbocycles. The van der Waals surface area contributed by atoms with E-state index in [1.807, 2.05) is 12.1 Å². The molecule has 0 bridgehead atoms. The van der Waals surface area contributed by atoms with Crippen molar-refractivity contribution >= 4 is 22.7 Å². The van der Waals surface area contributed by atoms with E-state index >= 15 is 0 Å². The lowest BCUT2D eigenvalue weighted by atomic mass is 10.1. The van der Waals surface area contributed by atoms with Crippen LogP contribution < -0.4 is 4.74 Å². The molecule has 0 fully saturated rings. The molecule has 1 heterocycles. The highest BCUT2D eigenvalue weighted by molar-refractivity contribution is 6.41. The largest absolute Gasteiger partial charge is 0.497 e. The lowest BCUT2D eigenvalue weighted by Crippen LogP contribution is -2.18. The van der Waals surface area contributed by atoms with Gasteiger partial charge in [0.2, 0.25) is 0 Å². The van der Waals surface area contributed by atoms with Crippen molar-refractivity contribution in [3.63, 3.8) is 0 Å². The second kappa shape index (κ2) is 5.14. The Morgan fingerprint density at radius 2 is 2.05 bits per heavy atom. The first-order valence-electron chi connectivity index (χ1n) is 5.96. The summed E-state index contributed by atoms with van der Waals surface area (Å²) in [6.45, 7) is 3.62. The molecule has 100 valence electrons. The SMILES string of the molecule is CCOC(=O)C(=O)c1[nH]c2ccc(OC)cc2c1C. The fourth-order valence-corrected chi connectivity index (χ4v) is 1.96. The van der Waals surface area contributed by atoms with Gasteiger partial charge < -0.3 is 14.5 Å². The number of ketones is 1. The molecular weight excluding hydrogens is 246 g/mol. The predicted octanol–water partition coefficient (Wildman–Crippen LogP) is 2.23. The molecule has 0 radical (unpaired) electrons. The molecule has 2 aromatic rings. The Bertz CT molecular complexity index is 642. The van der Waals surface area contributed by atoms with E-state index < -0.39 is 11.8 Å². The van der Waals surface area contributed by atoms with Crippen LogP contribution in [-0.2, 0) is 9.53 Å². The zero-order valence-corrected chi connectivity index (χ0v) is 11.1. The highest BCUT2D eigenvalue weighted by Crippen LogP contribution is 2.26. The molecule has 0 unspecified atom stereocenters. The number of fused-ring (bicyclic) bond motifs is 1. The molecule has 0 amide bonds. The van der Waals surface area contributed by atoms with Crippen molar-refractivity contribution in [1.29, 1.82) is 0 Å². The Morgan fingerprint density at radius 1 is 1.32 bits per heavy atom. The number of Topliss-reactive ketones (excluding diaryl/α,β-unsaturated/α-hetero) is 1. The molecule has 0 aliphatic rings. The monoisotopic (exact) mass is 261 g/mol. The van der Waals surface area contributed by atoms with E-state index in [1.54, 1.807) is 27.0 Å². The lowest BCUT2D eigenvalue weighted by molar-refractivity contribution is -0.137. The van der Waals surface area contributed by atoms with E-state index in [9.17, 15) is 9.59 Å². The maximum Gasteiger partial charge on any atom is 0.381 e. The number of H-pyrrole nitrogens is 1. The van der Waals surface area contributed by atoms with Gasteiger partial charge in [0.05, 0.1) is 19.4 Å². The smallest absolute Gasteiger partial charge is 0.381 e. The second-order valence-electron chi connectivity index (χ2n) is 4.09. The normalized spacial score (nSPS) is 10.5. The van der Waals surface area contributed by atoms with Gasteiger partial charge in [0.15, 0.2) is 0 Å². The van der Waals surface area contributed by atoms with Crippen LogP contribution in [0, 0.1) is 6.92 Å². The van der Waals surface area contributed by atoms with Gasteiger partial charge >= 0.3 is 5.97 Å². The molecule has 19 heavy (non-hydrogen) atoms. The van der Waals surface area contributed by atoms with Crippen LogP contribution in [0.3, 0.4) is 0 Å². The molecule has 0 spiro atoms. The first-order valence-corrected chi connectivity index (χ1v) is 5.96. The van der Waals surface area contributed by atoms with E-state index in [0.717, 1.165) is 10.9 Å². The van der Waals surface area contributed by atoms with Crippen LogP contribution in [0.2, 0.25) is 0 Å².